The predicted molar refractivity (Wildman–Crippen MR) is 83.4 cm³/mol. The monoisotopic (exact) mass is 269 g/mol. The zero-order chi connectivity index (χ0) is 14.3. The van der Waals surface area contributed by atoms with E-state index < -0.39 is 0 Å². The van der Waals surface area contributed by atoms with Crippen molar-refractivity contribution < 1.29 is 4.74 Å². The van der Waals surface area contributed by atoms with Crippen LogP contribution in [0.4, 0.5) is 0 Å². The van der Waals surface area contributed by atoms with Crippen LogP contribution in [0, 0.1) is 0 Å². The highest BCUT2D eigenvalue weighted by Gasteiger charge is 2.27. The number of hydrogen-bond acceptors (Lipinski definition) is 2. The quantitative estimate of drug-likeness (QED) is 0.605. The third-order valence-electron chi connectivity index (χ3n) is 4.25. The number of hydrogen-bond donors (Lipinski definition) is 0. The van der Waals surface area contributed by atoms with Gasteiger partial charge < -0.3 is 4.74 Å². The second-order valence-electron chi connectivity index (χ2n) is 7.04. The molecule has 0 aromatic carbocycles. The van der Waals surface area contributed by atoms with Crippen molar-refractivity contribution in [2.75, 3.05) is 6.73 Å². The molecule has 0 aliphatic heterocycles. The van der Waals surface area contributed by atoms with Gasteiger partial charge in [-0.15, -0.1) is 0 Å². The van der Waals surface area contributed by atoms with E-state index in [2.05, 4.69) is 39.5 Å². The van der Waals surface area contributed by atoms with Gasteiger partial charge in [-0.1, -0.05) is 39.5 Å². The molecule has 0 aromatic heterocycles. The molecule has 2 nitrogen and oxygen atoms in total. The molecule has 0 amide bonds. The van der Waals surface area contributed by atoms with Crippen molar-refractivity contribution >= 4 is 0 Å². The molecule has 0 bridgehead atoms. The van der Waals surface area contributed by atoms with E-state index in [0.717, 1.165) is 12.8 Å². The Bertz CT molecular complexity index is 223. The molecule has 1 aliphatic rings. The van der Waals surface area contributed by atoms with Gasteiger partial charge in [-0.25, -0.2) is 0 Å². The third-order valence-corrected chi connectivity index (χ3v) is 4.25. The molecule has 1 saturated carbocycles. The molecule has 0 aromatic rings. The summed E-state index contributed by atoms with van der Waals surface area (Å²) in [6.45, 7) is 11.9. The summed E-state index contributed by atoms with van der Waals surface area (Å²) in [6, 6.07) is 1.46. The largest absolute Gasteiger partial charge is 0.360 e. The summed E-state index contributed by atoms with van der Waals surface area (Å²) in [7, 11) is 0. The van der Waals surface area contributed by atoms with Gasteiger partial charge >= 0.3 is 0 Å². The Hall–Kier alpha value is -0.0800. The molecule has 1 atom stereocenters. The summed E-state index contributed by atoms with van der Waals surface area (Å²) in [4.78, 5) is 2.67. The van der Waals surface area contributed by atoms with Crippen molar-refractivity contribution in [3.8, 4) is 0 Å². The van der Waals surface area contributed by atoms with E-state index in [1.165, 1.54) is 51.4 Å². The molecule has 1 rings (SSSR count). The Morgan fingerprint density at radius 1 is 1.11 bits per heavy atom. The van der Waals surface area contributed by atoms with Gasteiger partial charge in [0, 0.05) is 12.1 Å². The lowest BCUT2D eigenvalue weighted by atomic mass is 9.92. The highest BCUT2D eigenvalue weighted by molar-refractivity contribution is 4.80. The first kappa shape index (κ1) is 17.0. The molecule has 19 heavy (non-hydrogen) atoms. The number of rotatable bonds is 7. The van der Waals surface area contributed by atoms with E-state index in [9.17, 15) is 0 Å². The lowest BCUT2D eigenvalue weighted by Gasteiger charge is -2.41. The van der Waals surface area contributed by atoms with Crippen LogP contribution in [-0.4, -0.2) is 29.3 Å². The van der Waals surface area contributed by atoms with Gasteiger partial charge in [-0.2, -0.15) is 0 Å². The number of ether oxygens (including phenoxy) is 1. The minimum atomic E-state index is -0.0303. The summed E-state index contributed by atoms with van der Waals surface area (Å²) < 4.78 is 6.10. The zero-order valence-corrected chi connectivity index (χ0v) is 13.9. The van der Waals surface area contributed by atoms with E-state index in [4.69, 9.17) is 4.74 Å². The van der Waals surface area contributed by atoms with E-state index in [1.807, 2.05) is 0 Å². The molecule has 0 N–H and O–H groups in total. The van der Waals surface area contributed by atoms with Crippen LogP contribution in [0.3, 0.4) is 0 Å². The Balaban J connectivity index is 2.64. The Kier molecular flexibility index (Phi) is 7.38. The van der Waals surface area contributed by atoms with Gasteiger partial charge in [-0.3, -0.25) is 4.90 Å². The van der Waals surface area contributed by atoms with Crippen molar-refractivity contribution in [2.24, 2.45) is 0 Å². The topological polar surface area (TPSA) is 12.5 Å². The molecule has 0 saturated heterocycles. The first-order valence-electron chi connectivity index (χ1n) is 8.37. The van der Waals surface area contributed by atoms with Crippen molar-refractivity contribution in [3.05, 3.63) is 0 Å². The van der Waals surface area contributed by atoms with Crippen LogP contribution in [0.1, 0.15) is 86.0 Å². The first-order valence-corrected chi connectivity index (χ1v) is 8.37. The second-order valence-corrected chi connectivity index (χ2v) is 7.04. The first-order chi connectivity index (χ1) is 8.98. The van der Waals surface area contributed by atoms with Crippen LogP contribution in [0.15, 0.2) is 0 Å². The van der Waals surface area contributed by atoms with Gasteiger partial charge in [0.15, 0.2) is 0 Å². The zero-order valence-electron chi connectivity index (χ0n) is 13.9. The fourth-order valence-corrected chi connectivity index (χ4v) is 3.13. The molecule has 2 heteroatoms. The smallest absolute Gasteiger partial charge is 0.100 e. The molecule has 0 radical (unpaired) electrons. The summed E-state index contributed by atoms with van der Waals surface area (Å²) in [5.41, 5.74) is -0.0303. The van der Waals surface area contributed by atoms with Crippen LogP contribution >= 0.6 is 0 Å². The van der Waals surface area contributed by atoms with Crippen molar-refractivity contribution in [1.29, 1.82) is 0 Å². The minimum absolute atomic E-state index is 0.0303. The van der Waals surface area contributed by atoms with Crippen LogP contribution in [0.25, 0.3) is 0 Å². The lowest BCUT2D eigenvalue weighted by molar-refractivity contribution is -0.0963. The molecule has 114 valence electrons. The fourth-order valence-electron chi connectivity index (χ4n) is 3.13. The van der Waals surface area contributed by atoms with Crippen LogP contribution in [0.5, 0.6) is 0 Å². The van der Waals surface area contributed by atoms with Gasteiger partial charge in [0.1, 0.15) is 6.73 Å². The summed E-state index contributed by atoms with van der Waals surface area (Å²) >= 11 is 0. The summed E-state index contributed by atoms with van der Waals surface area (Å²) in [5.74, 6) is 0. The molecular weight excluding hydrogens is 234 g/mol. The fraction of sp³-hybridized carbons (Fsp3) is 1.00. The molecule has 1 unspecified atom stereocenters. The van der Waals surface area contributed by atoms with Crippen molar-refractivity contribution in [2.45, 2.75) is 104 Å². The van der Waals surface area contributed by atoms with Gasteiger partial charge in [0.05, 0.1) is 5.60 Å². The van der Waals surface area contributed by atoms with Crippen molar-refractivity contribution in [1.82, 2.24) is 4.90 Å². The average molecular weight is 269 g/mol. The van der Waals surface area contributed by atoms with E-state index in [-0.39, 0.29) is 5.60 Å². The molecule has 1 aliphatic carbocycles. The van der Waals surface area contributed by atoms with Crippen LogP contribution in [-0.2, 0) is 4.74 Å². The van der Waals surface area contributed by atoms with Gasteiger partial charge in [0.2, 0.25) is 0 Å². The van der Waals surface area contributed by atoms with E-state index in [1.54, 1.807) is 0 Å². The van der Waals surface area contributed by atoms with Gasteiger partial charge in [0.25, 0.3) is 0 Å². The Labute approximate surface area is 120 Å². The third kappa shape index (κ3) is 6.27. The van der Waals surface area contributed by atoms with E-state index >= 15 is 0 Å². The molecule has 0 spiro atoms. The molecule has 1 fully saturated rings. The molecular formula is C17H35NO. The molecule has 0 heterocycles. The normalized spacial score (nSPS) is 19.9. The van der Waals surface area contributed by atoms with Crippen LogP contribution in [0.2, 0.25) is 0 Å². The Morgan fingerprint density at radius 2 is 1.74 bits per heavy atom. The SMILES string of the molecule is CCCC(CC)N(COC(C)(C)C)C1CCCCC1. The summed E-state index contributed by atoms with van der Waals surface area (Å²) in [6.07, 6.45) is 10.8. The maximum Gasteiger partial charge on any atom is 0.100 e. The average Bonchev–Trinajstić information content (AvgIpc) is 2.37. The highest BCUT2D eigenvalue weighted by Crippen LogP contribution is 2.27. The lowest BCUT2D eigenvalue weighted by Crippen LogP contribution is -2.46. The summed E-state index contributed by atoms with van der Waals surface area (Å²) in [5, 5.41) is 0. The maximum atomic E-state index is 6.10. The standard InChI is InChI=1S/C17H35NO/c1-6-11-15(7-2)18(14-19-17(3,4)5)16-12-9-8-10-13-16/h15-16H,6-14H2,1-5H3. The Morgan fingerprint density at radius 3 is 2.21 bits per heavy atom. The highest BCUT2D eigenvalue weighted by atomic mass is 16.5. The van der Waals surface area contributed by atoms with Crippen LogP contribution < -0.4 is 0 Å². The van der Waals surface area contributed by atoms with E-state index in [0.29, 0.717) is 6.04 Å². The maximum absolute atomic E-state index is 6.10. The minimum Gasteiger partial charge on any atom is -0.360 e. The van der Waals surface area contributed by atoms with Crippen molar-refractivity contribution in [3.63, 3.8) is 0 Å². The number of nitrogens with zero attached hydrogens (tertiary/aromatic N) is 1. The predicted octanol–water partition coefficient (Wildman–Crippen LogP) is 4.97. The van der Waals surface area contributed by atoms with Gasteiger partial charge in [-0.05, 0) is 46.5 Å². The second kappa shape index (κ2) is 8.26.